The highest BCUT2D eigenvalue weighted by Gasteiger charge is 2.23. The summed E-state index contributed by atoms with van der Waals surface area (Å²) < 4.78 is 12.5. The van der Waals surface area contributed by atoms with E-state index in [1.807, 2.05) is 18.2 Å². The average Bonchev–Trinajstić information content (AvgIpc) is 2.97. The molecule has 0 fully saturated rings. The summed E-state index contributed by atoms with van der Waals surface area (Å²) in [6.45, 7) is 4.28. The number of nitrogens with zero attached hydrogens (tertiary/aromatic N) is 4. The molecule has 1 aromatic carbocycles. The van der Waals surface area contributed by atoms with E-state index in [0.717, 1.165) is 27.9 Å². The van der Waals surface area contributed by atoms with Crippen LogP contribution in [0.2, 0.25) is 0 Å². The third-order valence-corrected chi connectivity index (χ3v) is 4.46. The normalized spacial score (nSPS) is 13.8. The Labute approximate surface area is 133 Å². The molecule has 0 bridgehead atoms. The zero-order valence-corrected chi connectivity index (χ0v) is 13.8. The Morgan fingerprint density at radius 2 is 2.00 bits per heavy atom. The van der Waals surface area contributed by atoms with Gasteiger partial charge < -0.3 is 9.47 Å². The van der Waals surface area contributed by atoms with Gasteiger partial charge in [0.2, 0.25) is 5.16 Å². The second-order valence-electron chi connectivity index (χ2n) is 5.22. The summed E-state index contributed by atoms with van der Waals surface area (Å²) in [4.78, 5) is 0. The fourth-order valence-corrected chi connectivity index (χ4v) is 3.20. The van der Waals surface area contributed by atoms with Gasteiger partial charge in [-0.2, -0.15) is 9.78 Å². The van der Waals surface area contributed by atoms with E-state index in [1.165, 1.54) is 0 Å². The quantitative estimate of drug-likeness (QED) is 0.867. The van der Waals surface area contributed by atoms with Crippen molar-refractivity contribution in [3.8, 4) is 22.9 Å². The minimum Gasteiger partial charge on any atom is -0.497 e. The molecule has 1 aliphatic rings. The lowest BCUT2D eigenvalue weighted by atomic mass is 10.1. The second-order valence-corrected chi connectivity index (χ2v) is 6.16. The van der Waals surface area contributed by atoms with Gasteiger partial charge >= 0.3 is 0 Å². The van der Waals surface area contributed by atoms with E-state index in [0.29, 0.717) is 17.5 Å². The molecular formula is C15H18N4O2S. The molecule has 0 N–H and O–H groups in total. The molecule has 1 aliphatic heterocycles. The number of methoxy groups -OCH3 is 2. The number of hydrogen-bond donors (Lipinski definition) is 0. The first-order valence-electron chi connectivity index (χ1n) is 7.02. The van der Waals surface area contributed by atoms with E-state index in [2.05, 4.69) is 24.0 Å². The van der Waals surface area contributed by atoms with Gasteiger partial charge in [0.05, 0.1) is 25.5 Å². The molecule has 0 saturated carbocycles. The highest BCUT2D eigenvalue weighted by molar-refractivity contribution is 7.99. The van der Waals surface area contributed by atoms with Crippen LogP contribution in [0, 0.1) is 5.92 Å². The molecule has 3 rings (SSSR count). The Balaban J connectivity index is 2.14. The molecule has 7 heteroatoms. The standard InChI is InChI=1S/C15H18N4O2S/c1-9(2)12-8-22-15-17-16-14(19(15)18-12)11-7-10(20-3)5-6-13(11)21-4/h5-7,9H,8H2,1-4H3. The van der Waals surface area contributed by atoms with E-state index in [9.17, 15) is 0 Å². The van der Waals surface area contributed by atoms with E-state index < -0.39 is 0 Å². The van der Waals surface area contributed by atoms with E-state index >= 15 is 0 Å². The average molecular weight is 318 g/mol. The summed E-state index contributed by atoms with van der Waals surface area (Å²) in [5.74, 6) is 3.36. The van der Waals surface area contributed by atoms with Gasteiger partial charge in [0.25, 0.3) is 0 Å². The predicted octanol–water partition coefficient (Wildman–Crippen LogP) is 2.93. The van der Waals surface area contributed by atoms with Crippen molar-refractivity contribution < 1.29 is 9.47 Å². The Hall–Kier alpha value is -2.02. The van der Waals surface area contributed by atoms with Crippen molar-refractivity contribution >= 4 is 17.5 Å². The lowest BCUT2D eigenvalue weighted by Gasteiger charge is -2.16. The maximum absolute atomic E-state index is 5.44. The molecule has 0 spiro atoms. The first-order chi connectivity index (χ1) is 10.6. The van der Waals surface area contributed by atoms with Crippen LogP contribution < -0.4 is 9.47 Å². The minimum absolute atomic E-state index is 0.392. The molecular weight excluding hydrogens is 300 g/mol. The van der Waals surface area contributed by atoms with Crippen molar-refractivity contribution in [2.45, 2.75) is 19.0 Å². The number of aromatic nitrogens is 3. The Morgan fingerprint density at radius 1 is 1.18 bits per heavy atom. The van der Waals surface area contributed by atoms with E-state index in [1.54, 1.807) is 30.7 Å². The van der Waals surface area contributed by atoms with Crippen LogP contribution in [0.1, 0.15) is 13.8 Å². The second kappa shape index (κ2) is 6.00. The van der Waals surface area contributed by atoms with Gasteiger partial charge in [-0.1, -0.05) is 25.6 Å². The molecule has 22 heavy (non-hydrogen) atoms. The van der Waals surface area contributed by atoms with Crippen LogP contribution in [0.15, 0.2) is 28.5 Å². The van der Waals surface area contributed by atoms with Gasteiger partial charge in [-0.05, 0) is 24.1 Å². The lowest BCUT2D eigenvalue weighted by Crippen LogP contribution is -2.17. The summed E-state index contributed by atoms with van der Waals surface area (Å²) in [7, 11) is 3.27. The molecule has 2 heterocycles. The zero-order valence-electron chi connectivity index (χ0n) is 13.0. The summed E-state index contributed by atoms with van der Waals surface area (Å²) in [6.07, 6.45) is 0. The third kappa shape index (κ3) is 2.56. The van der Waals surface area contributed by atoms with Gasteiger partial charge in [-0.15, -0.1) is 10.2 Å². The van der Waals surface area contributed by atoms with Crippen LogP contribution in [0.3, 0.4) is 0 Å². The lowest BCUT2D eigenvalue weighted by molar-refractivity contribution is 0.404. The maximum Gasteiger partial charge on any atom is 0.212 e. The molecule has 6 nitrogen and oxygen atoms in total. The van der Waals surface area contributed by atoms with Gasteiger partial charge in [0.15, 0.2) is 5.82 Å². The van der Waals surface area contributed by atoms with Crippen LogP contribution in [0.5, 0.6) is 11.5 Å². The first kappa shape index (κ1) is 14.9. The molecule has 0 radical (unpaired) electrons. The highest BCUT2D eigenvalue weighted by atomic mass is 32.2. The van der Waals surface area contributed by atoms with Gasteiger partial charge in [0.1, 0.15) is 11.5 Å². The summed E-state index contributed by atoms with van der Waals surface area (Å²) in [5.41, 5.74) is 1.94. The Bertz CT molecular complexity index is 724. The van der Waals surface area contributed by atoms with E-state index in [4.69, 9.17) is 14.6 Å². The predicted molar refractivity (Wildman–Crippen MR) is 87.0 cm³/mol. The van der Waals surface area contributed by atoms with Crippen molar-refractivity contribution in [1.82, 2.24) is 14.9 Å². The van der Waals surface area contributed by atoms with Crippen molar-refractivity contribution in [2.75, 3.05) is 20.0 Å². The molecule has 0 unspecified atom stereocenters. The van der Waals surface area contributed by atoms with Gasteiger partial charge in [0, 0.05) is 5.75 Å². The summed E-state index contributed by atoms with van der Waals surface area (Å²) in [5, 5.41) is 14.0. The van der Waals surface area contributed by atoms with Crippen LogP contribution in [0.4, 0.5) is 0 Å². The van der Waals surface area contributed by atoms with Crippen molar-refractivity contribution in [3.05, 3.63) is 18.2 Å². The molecule has 0 amide bonds. The fourth-order valence-electron chi connectivity index (χ4n) is 2.18. The first-order valence-corrected chi connectivity index (χ1v) is 8.01. The molecule has 0 saturated heterocycles. The van der Waals surface area contributed by atoms with Crippen LogP contribution in [0.25, 0.3) is 11.4 Å². The summed E-state index contributed by atoms with van der Waals surface area (Å²) in [6, 6.07) is 5.60. The van der Waals surface area contributed by atoms with Crippen molar-refractivity contribution in [3.63, 3.8) is 0 Å². The SMILES string of the molecule is COc1ccc(OC)c(-c2nnc3n2N=C(C(C)C)CS3)c1. The number of benzene rings is 1. The molecule has 1 aromatic heterocycles. The highest BCUT2D eigenvalue weighted by Crippen LogP contribution is 2.35. The van der Waals surface area contributed by atoms with E-state index in [-0.39, 0.29) is 0 Å². The zero-order chi connectivity index (χ0) is 15.7. The molecule has 0 aliphatic carbocycles. The van der Waals surface area contributed by atoms with Crippen molar-refractivity contribution in [1.29, 1.82) is 0 Å². The maximum atomic E-state index is 5.44. The van der Waals surface area contributed by atoms with Gasteiger partial charge in [-0.3, -0.25) is 0 Å². The van der Waals surface area contributed by atoms with Crippen molar-refractivity contribution in [2.24, 2.45) is 11.0 Å². The number of rotatable bonds is 4. The van der Waals surface area contributed by atoms with Crippen LogP contribution >= 0.6 is 11.8 Å². The number of hydrogen-bond acceptors (Lipinski definition) is 6. The molecule has 0 atom stereocenters. The Morgan fingerprint density at radius 3 is 2.68 bits per heavy atom. The smallest absolute Gasteiger partial charge is 0.212 e. The number of ether oxygens (including phenoxy) is 2. The van der Waals surface area contributed by atoms with Gasteiger partial charge in [-0.25, -0.2) is 0 Å². The number of thioether (sulfide) groups is 1. The van der Waals surface area contributed by atoms with Crippen LogP contribution in [-0.2, 0) is 0 Å². The Kier molecular flexibility index (Phi) is 4.06. The third-order valence-electron chi connectivity index (χ3n) is 3.50. The molecule has 2 aromatic rings. The van der Waals surface area contributed by atoms with Crippen LogP contribution in [-0.4, -0.2) is 40.6 Å². The summed E-state index contributed by atoms with van der Waals surface area (Å²) >= 11 is 1.65. The minimum atomic E-state index is 0.392. The monoisotopic (exact) mass is 318 g/mol. The largest absolute Gasteiger partial charge is 0.497 e. The topological polar surface area (TPSA) is 61.5 Å². The molecule has 116 valence electrons. The fraction of sp³-hybridized carbons (Fsp3) is 0.400. The number of fused-ring (bicyclic) bond motifs is 1.